The zero-order valence-corrected chi connectivity index (χ0v) is 14.2. The minimum atomic E-state index is -0.560. The highest BCUT2D eigenvalue weighted by atomic mass is 19.1. The van der Waals surface area contributed by atoms with E-state index in [1.54, 1.807) is 6.20 Å². The van der Waals surface area contributed by atoms with Crippen LogP contribution in [-0.4, -0.2) is 31.1 Å². The lowest BCUT2D eigenvalue weighted by Crippen LogP contribution is -2.27. The number of carbonyl (C=O) groups excluding carboxylic acids is 1. The molecule has 2 rings (SSSR count). The van der Waals surface area contributed by atoms with Crippen molar-refractivity contribution in [3.63, 3.8) is 0 Å². The summed E-state index contributed by atoms with van der Waals surface area (Å²) in [4.78, 5) is 18.8. The van der Waals surface area contributed by atoms with Crippen molar-refractivity contribution in [3.05, 3.63) is 53.5 Å². The summed E-state index contributed by atoms with van der Waals surface area (Å²) in [5, 5.41) is 2.81. The van der Waals surface area contributed by atoms with Gasteiger partial charge >= 0.3 is 0 Å². The average Bonchev–Trinajstić information content (AvgIpc) is 2.61. The van der Waals surface area contributed by atoms with Gasteiger partial charge in [0.15, 0.2) is 11.6 Å². The summed E-state index contributed by atoms with van der Waals surface area (Å²) >= 11 is 0. The predicted molar refractivity (Wildman–Crippen MR) is 91.9 cm³/mol. The first kappa shape index (κ1) is 17.7. The van der Waals surface area contributed by atoms with Crippen LogP contribution >= 0.6 is 0 Å². The molecule has 0 unspecified atom stereocenters. The van der Waals surface area contributed by atoms with Crippen LogP contribution in [0.5, 0.6) is 5.75 Å². The first-order chi connectivity index (χ1) is 11.6. The second-order valence-corrected chi connectivity index (χ2v) is 5.19. The van der Waals surface area contributed by atoms with E-state index >= 15 is 0 Å². The van der Waals surface area contributed by atoms with Gasteiger partial charge in [-0.1, -0.05) is 6.07 Å². The Morgan fingerprint density at radius 2 is 2.04 bits per heavy atom. The van der Waals surface area contributed by atoms with E-state index in [4.69, 9.17) is 4.74 Å². The van der Waals surface area contributed by atoms with Gasteiger partial charge < -0.3 is 15.0 Å². The van der Waals surface area contributed by atoms with Gasteiger partial charge in [0.25, 0.3) is 5.91 Å². The predicted octanol–water partition coefficient (Wildman–Crippen LogP) is 3.01. The number of halogens is 1. The molecule has 0 aliphatic heterocycles. The Morgan fingerprint density at radius 3 is 2.67 bits per heavy atom. The van der Waals surface area contributed by atoms with Crippen molar-refractivity contribution in [2.24, 2.45) is 0 Å². The summed E-state index contributed by atoms with van der Waals surface area (Å²) in [6, 6.07) is 7.90. The molecule has 0 atom stereocenters. The fourth-order valence-corrected chi connectivity index (χ4v) is 2.46. The number of ether oxygens (including phenoxy) is 1. The van der Waals surface area contributed by atoms with Crippen LogP contribution in [-0.2, 0) is 6.54 Å². The van der Waals surface area contributed by atoms with E-state index in [1.807, 2.05) is 12.1 Å². The van der Waals surface area contributed by atoms with Gasteiger partial charge in [-0.2, -0.15) is 0 Å². The molecule has 2 aromatic rings. The molecule has 1 aromatic heterocycles. The second kappa shape index (κ2) is 8.29. The smallest absolute Gasteiger partial charge is 0.251 e. The Hall–Kier alpha value is -2.63. The highest BCUT2D eigenvalue weighted by Crippen LogP contribution is 2.19. The molecule has 0 radical (unpaired) electrons. The standard InChI is InChI=1S/C18H22FN3O2/c1-4-22(5-2)17-14(7-6-10-20-17)12-21-18(23)13-8-9-16(24-3)15(19)11-13/h6-11H,4-5,12H2,1-3H3,(H,21,23). The van der Waals surface area contributed by atoms with Crippen molar-refractivity contribution in [2.75, 3.05) is 25.1 Å². The van der Waals surface area contributed by atoms with Crippen LogP contribution in [0.25, 0.3) is 0 Å². The van der Waals surface area contributed by atoms with Gasteiger partial charge in [0.1, 0.15) is 5.82 Å². The third kappa shape index (κ3) is 4.01. The van der Waals surface area contributed by atoms with E-state index in [-0.39, 0.29) is 17.2 Å². The number of amides is 1. The van der Waals surface area contributed by atoms with E-state index < -0.39 is 5.82 Å². The fraction of sp³-hybridized carbons (Fsp3) is 0.333. The number of rotatable bonds is 7. The molecule has 0 fully saturated rings. The molecule has 24 heavy (non-hydrogen) atoms. The Labute approximate surface area is 141 Å². The van der Waals surface area contributed by atoms with Crippen molar-refractivity contribution in [1.29, 1.82) is 0 Å². The van der Waals surface area contributed by atoms with Crippen LogP contribution < -0.4 is 15.0 Å². The number of hydrogen-bond acceptors (Lipinski definition) is 4. The average molecular weight is 331 g/mol. The van der Waals surface area contributed by atoms with Crippen LogP contribution in [0.1, 0.15) is 29.8 Å². The van der Waals surface area contributed by atoms with Gasteiger partial charge in [-0.3, -0.25) is 4.79 Å². The van der Waals surface area contributed by atoms with Gasteiger partial charge in [-0.25, -0.2) is 9.37 Å². The number of methoxy groups -OCH3 is 1. The molecule has 0 aliphatic rings. The Kier molecular flexibility index (Phi) is 6.12. The normalized spacial score (nSPS) is 10.3. The third-order valence-corrected chi connectivity index (χ3v) is 3.78. The number of benzene rings is 1. The van der Waals surface area contributed by atoms with E-state index in [2.05, 4.69) is 29.0 Å². The maximum absolute atomic E-state index is 13.7. The molecule has 1 N–H and O–H groups in total. The number of pyridine rings is 1. The molecular formula is C18H22FN3O2. The monoisotopic (exact) mass is 331 g/mol. The molecule has 5 nitrogen and oxygen atoms in total. The zero-order chi connectivity index (χ0) is 17.5. The summed E-state index contributed by atoms with van der Waals surface area (Å²) in [6.07, 6.45) is 1.73. The van der Waals surface area contributed by atoms with E-state index in [0.717, 1.165) is 24.5 Å². The Bertz CT molecular complexity index is 702. The largest absolute Gasteiger partial charge is 0.494 e. The number of nitrogens with one attached hydrogen (secondary N) is 1. The van der Waals surface area contributed by atoms with Crippen molar-refractivity contribution in [1.82, 2.24) is 10.3 Å². The SMILES string of the molecule is CCN(CC)c1ncccc1CNC(=O)c1ccc(OC)c(F)c1. The zero-order valence-electron chi connectivity index (χ0n) is 14.2. The summed E-state index contributed by atoms with van der Waals surface area (Å²) in [7, 11) is 1.38. The maximum atomic E-state index is 13.7. The van der Waals surface area contributed by atoms with Gasteiger partial charge in [-0.15, -0.1) is 0 Å². The highest BCUT2D eigenvalue weighted by Gasteiger charge is 2.13. The molecule has 1 amide bonds. The van der Waals surface area contributed by atoms with Gasteiger partial charge in [-0.05, 0) is 38.1 Å². The summed E-state index contributed by atoms with van der Waals surface area (Å²) < 4.78 is 18.6. The Balaban J connectivity index is 2.11. The van der Waals surface area contributed by atoms with Crippen LogP contribution in [0.2, 0.25) is 0 Å². The van der Waals surface area contributed by atoms with Crippen LogP contribution in [0.3, 0.4) is 0 Å². The van der Waals surface area contributed by atoms with Gasteiger partial charge in [0, 0.05) is 37.0 Å². The number of nitrogens with zero attached hydrogens (tertiary/aromatic N) is 2. The third-order valence-electron chi connectivity index (χ3n) is 3.78. The van der Waals surface area contributed by atoms with Crippen molar-refractivity contribution in [2.45, 2.75) is 20.4 Å². The molecule has 0 saturated carbocycles. The number of hydrogen-bond donors (Lipinski definition) is 1. The molecule has 0 aliphatic carbocycles. The van der Waals surface area contributed by atoms with Gasteiger partial charge in [0.05, 0.1) is 7.11 Å². The fourth-order valence-electron chi connectivity index (χ4n) is 2.46. The molecule has 0 spiro atoms. The topological polar surface area (TPSA) is 54.5 Å². The minimum absolute atomic E-state index is 0.114. The van der Waals surface area contributed by atoms with Crippen molar-refractivity contribution >= 4 is 11.7 Å². The van der Waals surface area contributed by atoms with E-state index in [1.165, 1.54) is 25.3 Å². The molecule has 128 valence electrons. The van der Waals surface area contributed by atoms with Crippen LogP contribution in [0, 0.1) is 5.82 Å². The van der Waals surface area contributed by atoms with Crippen molar-refractivity contribution < 1.29 is 13.9 Å². The highest BCUT2D eigenvalue weighted by molar-refractivity contribution is 5.94. The number of carbonyl (C=O) groups is 1. The first-order valence-corrected chi connectivity index (χ1v) is 7.91. The lowest BCUT2D eigenvalue weighted by molar-refractivity contribution is 0.0950. The summed E-state index contributed by atoms with van der Waals surface area (Å²) in [5.41, 5.74) is 1.17. The van der Waals surface area contributed by atoms with Gasteiger partial charge in [0.2, 0.25) is 0 Å². The molecule has 0 bridgehead atoms. The lowest BCUT2D eigenvalue weighted by Gasteiger charge is -2.22. The van der Waals surface area contributed by atoms with E-state index in [9.17, 15) is 9.18 Å². The molecule has 0 saturated heterocycles. The first-order valence-electron chi connectivity index (χ1n) is 7.91. The molecule has 6 heteroatoms. The molecule has 1 heterocycles. The Morgan fingerprint density at radius 1 is 1.29 bits per heavy atom. The summed E-state index contributed by atoms with van der Waals surface area (Å²) in [5.74, 6) is 0.0626. The van der Waals surface area contributed by atoms with Crippen LogP contribution in [0.4, 0.5) is 10.2 Å². The lowest BCUT2D eigenvalue weighted by atomic mass is 10.2. The second-order valence-electron chi connectivity index (χ2n) is 5.19. The minimum Gasteiger partial charge on any atom is -0.494 e. The quantitative estimate of drug-likeness (QED) is 0.847. The number of anilines is 1. The van der Waals surface area contributed by atoms with E-state index in [0.29, 0.717) is 6.54 Å². The molecular weight excluding hydrogens is 309 g/mol. The number of aromatic nitrogens is 1. The molecule has 1 aromatic carbocycles. The maximum Gasteiger partial charge on any atom is 0.251 e. The van der Waals surface area contributed by atoms with Crippen molar-refractivity contribution in [3.8, 4) is 5.75 Å². The van der Waals surface area contributed by atoms with Crippen LogP contribution in [0.15, 0.2) is 36.5 Å². The summed E-state index contributed by atoms with van der Waals surface area (Å²) in [6.45, 7) is 6.10.